The highest BCUT2D eigenvalue weighted by molar-refractivity contribution is 5.34. The molecule has 2 nitrogen and oxygen atoms in total. The van der Waals surface area contributed by atoms with Crippen LogP contribution in [0.15, 0.2) is 30.3 Å². The van der Waals surface area contributed by atoms with Crippen LogP contribution in [0.4, 0.5) is 0 Å². The van der Waals surface area contributed by atoms with Gasteiger partial charge in [-0.2, -0.15) is 0 Å². The molecule has 102 valence electrons. The number of fused-ring (bicyclic) bond motifs is 5. The van der Waals surface area contributed by atoms with Crippen LogP contribution in [-0.2, 0) is 15.1 Å². The van der Waals surface area contributed by atoms with Crippen molar-refractivity contribution in [2.45, 2.75) is 57.5 Å². The van der Waals surface area contributed by atoms with Gasteiger partial charge in [0.15, 0.2) is 5.79 Å². The van der Waals surface area contributed by atoms with Crippen LogP contribution in [-0.4, -0.2) is 11.9 Å². The molecule has 0 amide bonds. The summed E-state index contributed by atoms with van der Waals surface area (Å²) in [6.45, 7) is 6.50. The molecule has 4 atom stereocenters. The first-order valence-electron chi connectivity index (χ1n) is 7.40. The quantitative estimate of drug-likeness (QED) is 0.761. The van der Waals surface area contributed by atoms with E-state index in [1.165, 1.54) is 24.8 Å². The van der Waals surface area contributed by atoms with Gasteiger partial charge in [0.1, 0.15) is 5.60 Å². The Morgan fingerprint density at radius 3 is 2.58 bits per heavy atom. The molecule has 2 heteroatoms. The van der Waals surface area contributed by atoms with Gasteiger partial charge in [-0.25, -0.2) is 0 Å². The molecule has 2 aliphatic carbocycles. The summed E-state index contributed by atoms with van der Waals surface area (Å²) in [7, 11) is 0. The lowest BCUT2D eigenvalue weighted by atomic mass is 9.68. The summed E-state index contributed by atoms with van der Waals surface area (Å²) in [4.78, 5) is 0. The van der Waals surface area contributed by atoms with Crippen molar-refractivity contribution in [3.63, 3.8) is 0 Å². The first kappa shape index (κ1) is 11.9. The fourth-order valence-electron chi connectivity index (χ4n) is 4.89. The van der Waals surface area contributed by atoms with E-state index in [1.54, 1.807) is 0 Å². The molecule has 1 aromatic carbocycles. The van der Waals surface area contributed by atoms with Gasteiger partial charge in [-0.3, -0.25) is 0 Å². The molecule has 19 heavy (non-hydrogen) atoms. The zero-order valence-corrected chi connectivity index (χ0v) is 12.0. The average molecular weight is 258 g/mol. The maximum Gasteiger partial charge on any atom is 0.164 e. The maximum atomic E-state index is 6.56. The highest BCUT2D eigenvalue weighted by Gasteiger charge is 2.72. The summed E-state index contributed by atoms with van der Waals surface area (Å²) in [5.41, 5.74) is 1.29. The van der Waals surface area contributed by atoms with Crippen molar-refractivity contribution in [1.29, 1.82) is 0 Å². The Morgan fingerprint density at radius 2 is 1.84 bits per heavy atom. The molecule has 1 aliphatic heterocycles. The van der Waals surface area contributed by atoms with Gasteiger partial charge in [-0.05, 0) is 44.6 Å². The third-order valence-corrected chi connectivity index (χ3v) is 5.53. The molecule has 1 heterocycles. The van der Waals surface area contributed by atoms with Crippen molar-refractivity contribution in [3.8, 4) is 0 Å². The van der Waals surface area contributed by atoms with Crippen molar-refractivity contribution in [1.82, 2.24) is 0 Å². The van der Waals surface area contributed by atoms with Gasteiger partial charge >= 0.3 is 0 Å². The predicted octanol–water partition coefficient (Wildman–Crippen LogP) is 3.85. The van der Waals surface area contributed by atoms with Crippen LogP contribution in [0.1, 0.15) is 45.6 Å². The molecule has 1 saturated heterocycles. The lowest BCUT2D eigenvalue weighted by molar-refractivity contribution is -0.193. The van der Waals surface area contributed by atoms with Crippen LogP contribution < -0.4 is 0 Å². The van der Waals surface area contributed by atoms with E-state index in [9.17, 15) is 0 Å². The van der Waals surface area contributed by atoms with Crippen LogP contribution in [0.2, 0.25) is 0 Å². The Balaban J connectivity index is 1.91. The largest absolute Gasteiger partial charge is 0.344 e. The van der Waals surface area contributed by atoms with Gasteiger partial charge < -0.3 is 9.47 Å². The van der Waals surface area contributed by atoms with Gasteiger partial charge in [0.25, 0.3) is 0 Å². The molecule has 2 bridgehead atoms. The van der Waals surface area contributed by atoms with E-state index in [0.29, 0.717) is 5.92 Å². The van der Waals surface area contributed by atoms with E-state index in [4.69, 9.17) is 9.47 Å². The van der Waals surface area contributed by atoms with Crippen molar-refractivity contribution < 1.29 is 9.47 Å². The second-order valence-corrected chi connectivity index (χ2v) is 7.21. The minimum Gasteiger partial charge on any atom is -0.344 e. The Kier molecular flexibility index (Phi) is 2.15. The summed E-state index contributed by atoms with van der Waals surface area (Å²) in [6.07, 6.45) is 4.00. The third-order valence-electron chi connectivity index (χ3n) is 5.53. The van der Waals surface area contributed by atoms with Crippen molar-refractivity contribution in [3.05, 3.63) is 35.9 Å². The topological polar surface area (TPSA) is 18.5 Å². The summed E-state index contributed by atoms with van der Waals surface area (Å²) >= 11 is 0. The molecule has 0 N–H and O–H groups in total. The Labute approximate surface area is 115 Å². The third kappa shape index (κ3) is 1.34. The van der Waals surface area contributed by atoms with E-state index in [2.05, 4.69) is 51.1 Å². The number of benzene rings is 1. The standard InChI is InChI=1S/C17H22O2/c1-15(2)18-14-12-9-10-16(3,11-12)17(14,19-15)13-7-5-4-6-8-13/h4-8,12,14H,9-11H2,1-3H3/t12-,14+,16+,17-/m1/s1. The van der Waals surface area contributed by atoms with Crippen LogP contribution in [0.5, 0.6) is 0 Å². The van der Waals surface area contributed by atoms with Crippen LogP contribution >= 0.6 is 0 Å². The van der Waals surface area contributed by atoms with Crippen molar-refractivity contribution in [2.75, 3.05) is 0 Å². The smallest absolute Gasteiger partial charge is 0.164 e. The molecule has 0 unspecified atom stereocenters. The minimum absolute atomic E-state index is 0.220. The molecule has 1 aromatic rings. The highest BCUT2D eigenvalue weighted by Crippen LogP contribution is 2.70. The first-order valence-corrected chi connectivity index (χ1v) is 7.40. The second kappa shape index (κ2) is 3.42. The highest BCUT2D eigenvalue weighted by atomic mass is 16.8. The Morgan fingerprint density at radius 1 is 1.11 bits per heavy atom. The maximum absolute atomic E-state index is 6.56. The summed E-state index contributed by atoms with van der Waals surface area (Å²) in [6, 6.07) is 10.7. The van der Waals surface area contributed by atoms with Crippen LogP contribution in [0.25, 0.3) is 0 Å². The summed E-state index contributed by atoms with van der Waals surface area (Å²) in [5, 5.41) is 0. The summed E-state index contributed by atoms with van der Waals surface area (Å²) in [5.74, 6) is 0.192. The van der Waals surface area contributed by atoms with Gasteiger partial charge in [0.2, 0.25) is 0 Å². The van der Waals surface area contributed by atoms with E-state index in [-0.39, 0.29) is 17.1 Å². The molecule has 0 aromatic heterocycles. The number of rotatable bonds is 1. The van der Waals surface area contributed by atoms with Gasteiger partial charge in [-0.15, -0.1) is 0 Å². The van der Waals surface area contributed by atoms with Crippen molar-refractivity contribution in [2.24, 2.45) is 11.3 Å². The van der Waals surface area contributed by atoms with Crippen LogP contribution in [0, 0.1) is 11.3 Å². The fourth-order valence-corrected chi connectivity index (χ4v) is 4.89. The molecule has 3 fully saturated rings. The van der Waals surface area contributed by atoms with Gasteiger partial charge in [0, 0.05) is 5.41 Å². The van der Waals surface area contributed by atoms with Gasteiger partial charge in [-0.1, -0.05) is 37.3 Å². The van der Waals surface area contributed by atoms with E-state index < -0.39 is 5.79 Å². The van der Waals surface area contributed by atoms with E-state index in [0.717, 1.165) is 0 Å². The molecule has 4 rings (SSSR count). The molecule has 3 aliphatic rings. The number of hydrogen-bond acceptors (Lipinski definition) is 2. The molecule has 2 saturated carbocycles. The SMILES string of the molecule is CC1(C)O[C@H]2[C@@H]3CC[C@@](C)(C3)[C@]2(c2ccccc2)O1. The average Bonchev–Trinajstić information content (AvgIpc) is 2.96. The van der Waals surface area contributed by atoms with Gasteiger partial charge in [0.05, 0.1) is 6.10 Å². The van der Waals surface area contributed by atoms with Crippen molar-refractivity contribution >= 4 is 0 Å². The Bertz CT molecular complexity index is 509. The van der Waals surface area contributed by atoms with E-state index >= 15 is 0 Å². The van der Waals surface area contributed by atoms with E-state index in [1.807, 2.05) is 0 Å². The lowest BCUT2D eigenvalue weighted by Crippen LogP contribution is -2.48. The predicted molar refractivity (Wildman–Crippen MR) is 73.6 cm³/mol. The fraction of sp³-hybridized carbons (Fsp3) is 0.647. The molecule has 0 spiro atoms. The zero-order chi connectivity index (χ0) is 13.3. The second-order valence-electron chi connectivity index (χ2n) is 7.21. The Hall–Kier alpha value is -0.860. The zero-order valence-electron chi connectivity index (χ0n) is 12.0. The number of hydrogen-bond donors (Lipinski definition) is 0. The lowest BCUT2D eigenvalue weighted by Gasteiger charge is -2.44. The minimum atomic E-state index is -0.467. The monoisotopic (exact) mass is 258 g/mol. The molecular formula is C17H22O2. The normalized spacial score (nSPS) is 46.5. The summed E-state index contributed by atoms with van der Waals surface area (Å²) < 4.78 is 12.9. The number of ether oxygens (including phenoxy) is 2. The molecule has 0 radical (unpaired) electrons. The molecular weight excluding hydrogens is 236 g/mol. The van der Waals surface area contributed by atoms with Crippen LogP contribution in [0.3, 0.4) is 0 Å². The first-order chi connectivity index (χ1) is 8.97.